The minimum atomic E-state index is -2.85. The molecule has 0 bridgehead atoms. The van der Waals surface area contributed by atoms with Crippen molar-refractivity contribution in [1.29, 1.82) is 0 Å². The molecule has 1 aliphatic carbocycles. The Kier molecular flexibility index (Phi) is 4.38. The monoisotopic (exact) mass is 219 g/mol. The summed E-state index contributed by atoms with van der Waals surface area (Å²) >= 11 is 0. The molecule has 0 aromatic heterocycles. The van der Waals surface area contributed by atoms with Gasteiger partial charge in [-0.25, -0.2) is 8.42 Å². The highest BCUT2D eigenvalue weighted by Gasteiger charge is 2.27. The lowest BCUT2D eigenvalue weighted by Gasteiger charge is -2.21. The number of nitrogens with two attached hydrogens (primary N) is 1. The van der Waals surface area contributed by atoms with Crippen LogP contribution in [0, 0.1) is 11.8 Å². The SMILES string of the molecule is CCS(=O)(=O)C[C@H](CN)C1CCCC1. The summed E-state index contributed by atoms with van der Waals surface area (Å²) < 4.78 is 22.9. The minimum absolute atomic E-state index is 0.197. The predicted molar refractivity (Wildman–Crippen MR) is 58.8 cm³/mol. The molecule has 0 radical (unpaired) electrons. The Balaban J connectivity index is 2.54. The zero-order valence-electron chi connectivity index (χ0n) is 8.91. The Morgan fingerprint density at radius 1 is 1.36 bits per heavy atom. The largest absolute Gasteiger partial charge is 0.330 e. The molecule has 14 heavy (non-hydrogen) atoms. The molecule has 84 valence electrons. The first-order valence-electron chi connectivity index (χ1n) is 5.49. The van der Waals surface area contributed by atoms with Crippen molar-refractivity contribution >= 4 is 9.84 Å². The molecule has 0 spiro atoms. The van der Waals surface area contributed by atoms with Gasteiger partial charge in [0, 0.05) is 5.75 Å². The van der Waals surface area contributed by atoms with Crippen LogP contribution in [0.1, 0.15) is 32.6 Å². The van der Waals surface area contributed by atoms with Crippen LogP contribution >= 0.6 is 0 Å². The van der Waals surface area contributed by atoms with Gasteiger partial charge in [0.2, 0.25) is 0 Å². The summed E-state index contributed by atoms with van der Waals surface area (Å²) in [5.41, 5.74) is 5.65. The molecule has 0 aromatic carbocycles. The van der Waals surface area contributed by atoms with Gasteiger partial charge in [0.25, 0.3) is 0 Å². The minimum Gasteiger partial charge on any atom is -0.330 e. The molecular weight excluding hydrogens is 198 g/mol. The third kappa shape index (κ3) is 3.24. The molecule has 4 heteroatoms. The van der Waals surface area contributed by atoms with E-state index in [2.05, 4.69) is 0 Å². The Morgan fingerprint density at radius 2 is 1.93 bits per heavy atom. The molecule has 1 rings (SSSR count). The Morgan fingerprint density at radius 3 is 2.36 bits per heavy atom. The van der Waals surface area contributed by atoms with Crippen LogP contribution in [0.2, 0.25) is 0 Å². The highest BCUT2D eigenvalue weighted by atomic mass is 32.2. The van der Waals surface area contributed by atoms with Gasteiger partial charge in [0.05, 0.1) is 5.75 Å². The van der Waals surface area contributed by atoms with Gasteiger partial charge in [-0.1, -0.05) is 32.6 Å². The van der Waals surface area contributed by atoms with Crippen molar-refractivity contribution in [2.24, 2.45) is 17.6 Å². The van der Waals surface area contributed by atoms with Crippen molar-refractivity contribution in [2.75, 3.05) is 18.1 Å². The van der Waals surface area contributed by atoms with Gasteiger partial charge in [-0.05, 0) is 18.4 Å². The Bertz CT molecular complexity index is 255. The first-order valence-corrected chi connectivity index (χ1v) is 7.31. The second-order valence-electron chi connectivity index (χ2n) is 4.24. The molecule has 0 amide bonds. The zero-order valence-corrected chi connectivity index (χ0v) is 9.72. The topological polar surface area (TPSA) is 60.2 Å². The van der Waals surface area contributed by atoms with Gasteiger partial charge in [0.1, 0.15) is 9.84 Å². The van der Waals surface area contributed by atoms with E-state index in [4.69, 9.17) is 5.73 Å². The van der Waals surface area contributed by atoms with E-state index in [0.717, 1.165) is 0 Å². The van der Waals surface area contributed by atoms with Crippen molar-refractivity contribution in [3.05, 3.63) is 0 Å². The Hall–Kier alpha value is -0.0900. The van der Waals surface area contributed by atoms with Crippen molar-refractivity contribution < 1.29 is 8.42 Å². The third-order valence-electron chi connectivity index (χ3n) is 3.28. The van der Waals surface area contributed by atoms with E-state index in [-0.39, 0.29) is 11.7 Å². The fourth-order valence-corrected chi connectivity index (χ4v) is 3.57. The van der Waals surface area contributed by atoms with Crippen LogP contribution in [0.15, 0.2) is 0 Å². The summed E-state index contributed by atoms with van der Waals surface area (Å²) in [6.45, 7) is 2.22. The number of sulfone groups is 1. The standard InChI is InChI=1S/C10H21NO2S/c1-2-14(12,13)8-10(7-11)9-5-3-4-6-9/h9-10H,2-8,11H2,1H3/t10-/m0/s1. The Labute approximate surface area is 87.0 Å². The maximum Gasteiger partial charge on any atom is 0.150 e. The van der Waals surface area contributed by atoms with Gasteiger partial charge in [-0.15, -0.1) is 0 Å². The molecule has 0 unspecified atom stereocenters. The van der Waals surface area contributed by atoms with E-state index in [1.807, 2.05) is 0 Å². The highest BCUT2D eigenvalue weighted by molar-refractivity contribution is 7.91. The van der Waals surface area contributed by atoms with Crippen molar-refractivity contribution in [1.82, 2.24) is 0 Å². The first-order chi connectivity index (χ1) is 6.59. The fraction of sp³-hybridized carbons (Fsp3) is 1.00. The van der Waals surface area contributed by atoms with Gasteiger partial charge in [-0.2, -0.15) is 0 Å². The summed E-state index contributed by atoms with van der Waals surface area (Å²) in [5.74, 6) is 1.30. The predicted octanol–water partition coefficient (Wildman–Crippen LogP) is 1.19. The molecule has 1 atom stereocenters. The van der Waals surface area contributed by atoms with Gasteiger partial charge in [-0.3, -0.25) is 0 Å². The average Bonchev–Trinajstić information content (AvgIpc) is 2.67. The molecule has 2 N–H and O–H groups in total. The molecule has 0 heterocycles. The molecule has 1 aliphatic rings. The van der Waals surface area contributed by atoms with Gasteiger partial charge in [0.15, 0.2) is 0 Å². The van der Waals surface area contributed by atoms with Crippen LogP contribution < -0.4 is 5.73 Å². The van der Waals surface area contributed by atoms with Crippen LogP contribution in [-0.4, -0.2) is 26.5 Å². The normalized spacial score (nSPS) is 21.3. The summed E-state index contributed by atoms with van der Waals surface area (Å²) in [7, 11) is -2.85. The van der Waals surface area contributed by atoms with Gasteiger partial charge >= 0.3 is 0 Å². The van der Waals surface area contributed by atoms with E-state index in [1.165, 1.54) is 25.7 Å². The van der Waals surface area contributed by atoms with E-state index in [9.17, 15) is 8.42 Å². The van der Waals surface area contributed by atoms with E-state index < -0.39 is 9.84 Å². The lowest BCUT2D eigenvalue weighted by molar-refractivity contribution is 0.375. The van der Waals surface area contributed by atoms with E-state index in [1.54, 1.807) is 6.92 Å². The van der Waals surface area contributed by atoms with Crippen LogP contribution in [0.25, 0.3) is 0 Å². The summed E-state index contributed by atoms with van der Waals surface area (Å²) in [4.78, 5) is 0. The highest BCUT2D eigenvalue weighted by Crippen LogP contribution is 2.31. The first kappa shape index (κ1) is 12.0. The summed E-state index contributed by atoms with van der Waals surface area (Å²) in [6, 6.07) is 0. The summed E-state index contributed by atoms with van der Waals surface area (Å²) in [5, 5.41) is 0. The smallest absolute Gasteiger partial charge is 0.150 e. The molecule has 1 fully saturated rings. The van der Waals surface area contributed by atoms with Crippen molar-refractivity contribution in [2.45, 2.75) is 32.6 Å². The van der Waals surface area contributed by atoms with E-state index >= 15 is 0 Å². The molecule has 0 aliphatic heterocycles. The number of hydrogen-bond donors (Lipinski definition) is 1. The molecule has 0 saturated heterocycles. The fourth-order valence-electron chi connectivity index (χ4n) is 2.27. The lowest BCUT2D eigenvalue weighted by Crippen LogP contribution is -2.29. The van der Waals surface area contributed by atoms with Gasteiger partial charge < -0.3 is 5.73 Å². The average molecular weight is 219 g/mol. The molecule has 3 nitrogen and oxygen atoms in total. The zero-order chi connectivity index (χ0) is 10.6. The number of rotatable bonds is 5. The number of hydrogen-bond acceptors (Lipinski definition) is 3. The maximum absolute atomic E-state index is 11.5. The third-order valence-corrected chi connectivity index (χ3v) is 5.09. The second-order valence-corrected chi connectivity index (χ2v) is 6.64. The van der Waals surface area contributed by atoms with Crippen molar-refractivity contribution in [3.63, 3.8) is 0 Å². The molecular formula is C10H21NO2S. The van der Waals surface area contributed by atoms with Crippen LogP contribution in [0.4, 0.5) is 0 Å². The summed E-state index contributed by atoms with van der Waals surface area (Å²) in [6.07, 6.45) is 4.82. The van der Waals surface area contributed by atoms with Crippen LogP contribution in [0.5, 0.6) is 0 Å². The van der Waals surface area contributed by atoms with Crippen LogP contribution in [-0.2, 0) is 9.84 Å². The van der Waals surface area contributed by atoms with E-state index in [0.29, 0.717) is 18.2 Å². The lowest BCUT2D eigenvalue weighted by atomic mass is 9.93. The molecule has 0 aromatic rings. The maximum atomic E-state index is 11.5. The second kappa shape index (κ2) is 5.12. The molecule has 1 saturated carbocycles. The quantitative estimate of drug-likeness (QED) is 0.755. The van der Waals surface area contributed by atoms with Crippen molar-refractivity contribution in [3.8, 4) is 0 Å². The van der Waals surface area contributed by atoms with Crippen LogP contribution in [0.3, 0.4) is 0 Å².